The molecule has 6 rings (SSSR count). The van der Waals surface area contributed by atoms with Crippen molar-refractivity contribution in [1.29, 1.82) is 0 Å². The molecule has 1 aliphatic heterocycles. The van der Waals surface area contributed by atoms with Crippen LogP contribution in [0.3, 0.4) is 0 Å². The maximum atomic E-state index is 15.2. The molecule has 0 radical (unpaired) electrons. The molecule has 1 unspecified atom stereocenters. The first kappa shape index (κ1) is 29.5. The molecule has 12 heteroatoms. The van der Waals surface area contributed by atoms with Gasteiger partial charge in [-0.25, -0.2) is 13.8 Å². The SMILES string of the molecule is C[C@@H](CC(=O)O)c1cccc2c1OCC[C@]2(C)c1cnc(-c2cc(Oc3c(F)c(F)c4[nH]ccc4c3S(C)=O)ccc2F)[nH]1. The summed E-state index contributed by atoms with van der Waals surface area (Å²) in [6.45, 7) is 4.22. The lowest BCUT2D eigenvalue weighted by Crippen LogP contribution is -2.32. The predicted octanol–water partition coefficient (Wildman–Crippen LogP) is 7.17. The number of nitrogens with one attached hydrogen (secondary N) is 2. The molecule has 1 aliphatic rings. The van der Waals surface area contributed by atoms with Crippen LogP contribution >= 0.6 is 0 Å². The van der Waals surface area contributed by atoms with Crippen LogP contribution in [0.5, 0.6) is 17.2 Å². The van der Waals surface area contributed by atoms with Crippen LogP contribution in [0.25, 0.3) is 22.3 Å². The number of ether oxygens (including phenoxy) is 2. The Balaban J connectivity index is 1.37. The number of hydrogen-bond donors (Lipinski definition) is 3. The molecule has 228 valence electrons. The highest BCUT2D eigenvalue weighted by Gasteiger charge is 2.38. The highest BCUT2D eigenvalue weighted by Crippen LogP contribution is 2.47. The van der Waals surface area contributed by atoms with Gasteiger partial charge in [0.15, 0.2) is 11.6 Å². The third kappa shape index (κ3) is 4.92. The Hall–Kier alpha value is -4.58. The second-order valence-corrected chi connectivity index (χ2v) is 12.4. The molecule has 5 aromatic rings. The summed E-state index contributed by atoms with van der Waals surface area (Å²) in [5.74, 6) is -4.07. The van der Waals surface area contributed by atoms with Crippen molar-refractivity contribution in [3.05, 3.63) is 89.1 Å². The van der Waals surface area contributed by atoms with Crippen LogP contribution in [-0.4, -0.2) is 43.1 Å². The number of H-pyrrole nitrogens is 2. The van der Waals surface area contributed by atoms with Crippen molar-refractivity contribution < 1.29 is 36.8 Å². The Morgan fingerprint density at radius 2 is 2.00 bits per heavy atom. The number of carboxylic acids is 1. The molecule has 0 saturated carbocycles. The number of carbonyl (C=O) groups is 1. The summed E-state index contributed by atoms with van der Waals surface area (Å²) in [6.07, 6.45) is 4.88. The Bertz CT molecular complexity index is 1960. The van der Waals surface area contributed by atoms with Crippen LogP contribution in [0.2, 0.25) is 0 Å². The average Bonchev–Trinajstić information content (AvgIpc) is 3.67. The van der Waals surface area contributed by atoms with Crippen LogP contribution in [0, 0.1) is 17.5 Å². The van der Waals surface area contributed by atoms with E-state index in [0.29, 0.717) is 24.5 Å². The quantitative estimate of drug-likeness (QED) is 0.169. The molecule has 3 heterocycles. The molecule has 2 aromatic heterocycles. The van der Waals surface area contributed by atoms with Crippen LogP contribution in [0.1, 0.15) is 49.4 Å². The normalized spacial score (nSPS) is 17.6. The fourth-order valence-electron chi connectivity index (χ4n) is 5.84. The highest BCUT2D eigenvalue weighted by atomic mass is 32.2. The van der Waals surface area contributed by atoms with Crippen LogP contribution in [0.4, 0.5) is 13.2 Å². The van der Waals surface area contributed by atoms with Gasteiger partial charge in [-0.1, -0.05) is 25.1 Å². The second kappa shape index (κ2) is 11.2. The largest absolute Gasteiger partial charge is 0.493 e. The first-order valence-electron chi connectivity index (χ1n) is 13.8. The number of rotatable bonds is 8. The Morgan fingerprint density at radius 1 is 1.20 bits per heavy atom. The first-order chi connectivity index (χ1) is 21.0. The van der Waals surface area contributed by atoms with E-state index in [2.05, 4.69) is 15.0 Å². The lowest BCUT2D eigenvalue weighted by molar-refractivity contribution is -0.137. The van der Waals surface area contributed by atoms with Gasteiger partial charge in [0.05, 0.1) is 39.8 Å². The minimum Gasteiger partial charge on any atom is -0.493 e. The van der Waals surface area contributed by atoms with E-state index in [1.807, 2.05) is 32.0 Å². The first-order valence-corrected chi connectivity index (χ1v) is 15.4. The number of halogens is 3. The van der Waals surface area contributed by atoms with Crippen molar-refractivity contribution in [1.82, 2.24) is 15.0 Å². The summed E-state index contributed by atoms with van der Waals surface area (Å²) in [7, 11) is -1.75. The summed E-state index contributed by atoms with van der Waals surface area (Å²) in [5.41, 5.74) is 1.60. The number of aliphatic carboxylic acids is 1. The van der Waals surface area contributed by atoms with Gasteiger partial charge in [-0.3, -0.25) is 9.00 Å². The summed E-state index contributed by atoms with van der Waals surface area (Å²) < 4.78 is 69.5. The molecule has 3 N–H and O–H groups in total. The number of para-hydroxylation sites is 1. The van der Waals surface area contributed by atoms with Gasteiger partial charge in [-0.2, -0.15) is 4.39 Å². The van der Waals surface area contributed by atoms with Gasteiger partial charge in [-0.15, -0.1) is 0 Å². The van der Waals surface area contributed by atoms with Gasteiger partial charge < -0.3 is 24.5 Å². The van der Waals surface area contributed by atoms with Crippen molar-refractivity contribution in [2.45, 2.75) is 42.9 Å². The van der Waals surface area contributed by atoms with Crippen molar-refractivity contribution in [3.63, 3.8) is 0 Å². The number of carboxylic acid groups (broad SMARTS) is 1. The van der Waals surface area contributed by atoms with E-state index in [-0.39, 0.29) is 45.3 Å². The standard InChI is InChI=1S/C32H28F3N3O5S/c1-16(13-24(39)40)18-5-4-6-21-28(18)42-12-10-32(21,2)23-15-37-31(38-23)20-14-17(7-8-22(20)33)43-29-26(35)25(34)27-19(9-11-36-27)30(29)44(3)41/h4-9,11,14-16,36H,10,12-13H2,1-3H3,(H,37,38)(H,39,40)/t16-,32-,44?/m0/s1. The summed E-state index contributed by atoms with van der Waals surface area (Å²) in [4.78, 5) is 21.6. The molecular weight excluding hydrogens is 595 g/mol. The Labute approximate surface area is 252 Å². The van der Waals surface area contributed by atoms with Gasteiger partial charge in [0.25, 0.3) is 0 Å². The molecule has 0 bridgehead atoms. The van der Waals surface area contributed by atoms with Crippen LogP contribution < -0.4 is 9.47 Å². The zero-order valence-electron chi connectivity index (χ0n) is 24.0. The van der Waals surface area contributed by atoms with Gasteiger partial charge in [0.1, 0.15) is 23.1 Å². The van der Waals surface area contributed by atoms with Crippen molar-refractivity contribution in [2.24, 2.45) is 0 Å². The monoisotopic (exact) mass is 623 g/mol. The number of aromatic nitrogens is 3. The number of hydrogen-bond acceptors (Lipinski definition) is 5. The van der Waals surface area contributed by atoms with E-state index in [0.717, 1.165) is 17.2 Å². The molecule has 3 aromatic carbocycles. The lowest BCUT2D eigenvalue weighted by Gasteiger charge is -2.36. The van der Waals surface area contributed by atoms with Crippen molar-refractivity contribution in [3.8, 4) is 28.6 Å². The topological polar surface area (TPSA) is 117 Å². The van der Waals surface area contributed by atoms with E-state index in [9.17, 15) is 18.5 Å². The summed E-state index contributed by atoms with van der Waals surface area (Å²) in [5, 5.41) is 9.53. The minimum atomic E-state index is -1.75. The van der Waals surface area contributed by atoms with E-state index in [1.165, 1.54) is 30.7 Å². The number of imidazole rings is 1. The Kier molecular flexibility index (Phi) is 7.48. The second-order valence-electron chi connectivity index (χ2n) is 11.0. The van der Waals surface area contributed by atoms with E-state index in [4.69, 9.17) is 9.47 Å². The van der Waals surface area contributed by atoms with Crippen molar-refractivity contribution >= 4 is 27.7 Å². The third-order valence-corrected chi connectivity index (χ3v) is 9.16. The molecule has 3 atom stereocenters. The molecule has 8 nitrogen and oxygen atoms in total. The third-order valence-electron chi connectivity index (χ3n) is 8.18. The maximum absolute atomic E-state index is 15.2. The fourth-order valence-corrected chi connectivity index (χ4v) is 6.71. The molecule has 0 aliphatic carbocycles. The van der Waals surface area contributed by atoms with E-state index in [1.54, 1.807) is 6.20 Å². The van der Waals surface area contributed by atoms with Gasteiger partial charge in [0, 0.05) is 40.7 Å². The zero-order valence-corrected chi connectivity index (χ0v) is 24.8. The van der Waals surface area contributed by atoms with Gasteiger partial charge in [0.2, 0.25) is 5.82 Å². The summed E-state index contributed by atoms with van der Waals surface area (Å²) >= 11 is 0. The van der Waals surface area contributed by atoms with E-state index >= 15 is 8.78 Å². The smallest absolute Gasteiger partial charge is 0.303 e. The molecule has 44 heavy (non-hydrogen) atoms. The lowest BCUT2D eigenvalue weighted by atomic mass is 9.74. The highest BCUT2D eigenvalue weighted by molar-refractivity contribution is 7.84. The van der Waals surface area contributed by atoms with Gasteiger partial charge in [-0.05, 0) is 49.1 Å². The maximum Gasteiger partial charge on any atom is 0.303 e. The summed E-state index contributed by atoms with van der Waals surface area (Å²) in [6, 6.07) is 10.8. The van der Waals surface area contributed by atoms with Crippen molar-refractivity contribution in [2.75, 3.05) is 12.9 Å². The number of benzene rings is 3. The number of aromatic amines is 2. The van der Waals surface area contributed by atoms with Gasteiger partial charge >= 0.3 is 5.97 Å². The van der Waals surface area contributed by atoms with Crippen LogP contribution in [0.15, 0.2) is 59.8 Å². The molecule has 0 fully saturated rings. The molecule has 0 amide bonds. The predicted molar refractivity (Wildman–Crippen MR) is 158 cm³/mol. The Morgan fingerprint density at radius 3 is 2.75 bits per heavy atom. The molecule has 0 spiro atoms. The molecular formula is C32H28F3N3O5S. The number of nitrogens with zero attached hydrogens (tertiary/aromatic N) is 1. The number of fused-ring (bicyclic) bond motifs is 2. The minimum absolute atomic E-state index is 0.0149. The molecule has 0 saturated heterocycles. The van der Waals surface area contributed by atoms with E-state index < -0.39 is 45.4 Å². The fraction of sp³-hybridized carbons (Fsp3) is 0.250. The van der Waals surface area contributed by atoms with Crippen LogP contribution in [-0.2, 0) is 21.0 Å². The zero-order chi connectivity index (χ0) is 31.3. The average molecular weight is 624 g/mol.